The van der Waals surface area contributed by atoms with Crippen LogP contribution in [0.5, 0.6) is 28.7 Å². The Morgan fingerprint density at radius 3 is 2.10 bits per heavy atom. The molecule has 0 fully saturated rings. The lowest BCUT2D eigenvalue weighted by atomic mass is 10.0. The van der Waals surface area contributed by atoms with Crippen LogP contribution in [-0.4, -0.2) is 31.8 Å². The van der Waals surface area contributed by atoms with E-state index in [1.807, 2.05) is 25.1 Å². The van der Waals surface area contributed by atoms with Gasteiger partial charge in [-0.2, -0.15) is 0 Å². The van der Waals surface area contributed by atoms with Crippen LogP contribution >= 0.6 is 0 Å². The Hall–Kier alpha value is -4.82. The smallest absolute Gasteiger partial charge is 0.311 e. The standard InChI is InChI=1S/C32H32O8/c1-5-25(33)21-38-27-14-15-30(31(20-27)39-22-35-6-2)24-10-12-26(13-11-24)40-32(34)16-9-23-17-28(36-7-3)19-29(18-23)37-8-4/h5,7-8,10-15,17-20H,1,3-4,6,9,16,21-22H2,2H3. The van der Waals surface area contributed by atoms with Gasteiger partial charge < -0.3 is 28.4 Å². The maximum atomic E-state index is 12.5. The fourth-order valence-electron chi connectivity index (χ4n) is 3.59. The predicted molar refractivity (Wildman–Crippen MR) is 152 cm³/mol. The van der Waals surface area contributed by atoms with E-state index >= 15 is 0 Å². The second-order valence-corrected chi connectivity index (χ2v) is 8.25. The minimum absolute atomic E-state index is 0.0536. The molecule has 0 aliphatic heterocycles. The number of carbonyl (C=O) groups excluding carboxylic acids is 2. The molecule has 0 atom stereocenters. The topological polar surface area (TPSA) is 89.5 Å². The number of ketones is 1. The van der Waals surface area contributed by atoms with Crippen molar-refractivity contribution in [3.05, 3.63) is 105 Å². The first-order valence-electron chi connectivity index (χ1n) is 12.6. The summed E-state index contributed by atoms with van der Waals surface area (Å²) in [7, 11) is 0. The molecular weight excluding hydrogens is 512 g/mol. The molecule has 8 heteroatoms. The van der Waals surface area contributed by atoms with Crippen LogP contribution in [0.2, 0.25) is 0 Å². The fraction of sp³-hybridized carbons (Fsp3) is 0.188. The minimum atomic E-state index is -0.384. The summed E-state index contributed by atoms with van der Waals surface area (Å²) >= 11 is 0. The maximum absolute atomic E-state index is 12.5. The molecule has 0 unspecified atom stereocenters. The van der Waals surface area contributed by atoms with Crippen molar-refractivity contribution in [3.63, 3.8) is 0 Å². The van der Waals surface area contributed by atoms with Gasteiger partial charge in [0.25, 0.3) is 0 Å². The molecule has 0 radical (unpaired) electrons. The lowest BCUT2D eigenvalue weighted by Crippen LogP contribution is -2.09. The summed E-state index contributed by atoms with van der Waals surface area (Å²) in [4.78, 5) is 24.1. The van der Waals surface area contributed by atoms with Gasteiger partial charge in [-0.05, 0) is 66.9 Å². The van der Waals surface area contributed by atoms with Gasteiger partial charge in [-0.3, -0.25) is 9.59 Å². The number of hydrogen-bond acceptors (Lipinski definition) is 8. The van der Waals surface area contributed by atoms with E-state index in [1.54, 1.807) is 42.5 Å². The number of esters is 1. The molecule has 0 saturated heterocycles. The van der Waals surface area contributed by atoms with E-state index in [2.05, 4.69) is 19.7 Å². The zero-order valence-corrected chi connectivity index (χ0v) is 22.4. The number of aryl methyl sites for hydroxylation is 1. The van der Waals surface area contributed by atoms with Gasteiger partial charge >= 0.3 is 5.97 Å². The van der Waals surface area contributed by atoms with Crippen molar-refractivity contribution in [2.75, 3.05) is 20.0 Å². The van der Waals surface area contributed by atoms with Gasteiger partial charge in [-0.1, -0.05) is 31.9 Å². The lowest BCUT2D eigenvalue weighted by molar-refractivity contribution is -0.134. The molecule has 3 aromatic rings. The van der Waals surface area contributed by atoms with Crippen molar-refractivity contribution in [3.8, 4) is 39.9 Å². The normalized spacial score (nSPS) is 10.2. The Balaban J connectivity index is 1.67. The number of carbonyl (C=O) groups is 2. The van der Waals surface area contributed by atoms with Crippen molar-refractivity contribution >= 4 is 11.8 Å². The van der Waals surface area contributed by atoms with Crippen LogP contribution in [0.1, 0.15) is 18.9 Å². The van der Waals surface area contributed by atoms with Crippen molar-refractivity contribution in [1.82, 2.24) is 0 Å². The first-order valence-corrected chi connectivity index (χ1v) is 12.6. The molecule has 208 valence electrons. The highest BCUT2D eigenvalue weighted by Gasteiger charge is 2.12. The average Bonchev–Trinajstić information content (AvgIpc) is 2.96. The molecule has 3 rings (SSSR count). The van der Waals surface area contributed by atoms with Crippen molar-refractivity contribution in [2.24, 2.45) is 0 Å². The molecule has 0 aliphatic rings. The zero-order valence-electron chi connectivity index (χ0n) is 22.4. The number of benzene rings is 3. The Kier molecular flexibility index (Phi) is 11.6. The fourth-order valence-corrected chi connectivity index (χ4v) is 3.59. The number of hydrogen-bond donors (Lipinski definition) is 0. The summed E-state index contributed by atoms with van der Waals surface area (Å²) in [6.45, 7) is 12.9. The number of ether oxygens (including phenoxy) is 6. The van der Waals surface area contributed by atoms with E-state index in [0.717, 1.165) is 16.7 Å². The van der Waals surface area contributed by atoms with E-state index < -0.39 is 0 Å². The van der Waals surface area contributed by atoms with Crippen LogP contribution in [0.15, 0.2) is 99.0 Å². The van der Waals surface area contributed by atoms with Crippen LogP contribution in [0.4, 0.5) is 0 Å². The molecule has 0 aliphatic carbocycles. The van der Waals surface area contributed by atoms with Gasteiger partial charge in [0.15, 0.2) is 19.2 Å². The maximum Gasteiger partial charge on any atom is 0.311 e. The molecular formula is C32H32O8. The first kappa shape index (κ1) is 29.7. The van der Waals surface area contributed by atoms with Crippen molar-refractivity contribution < 1.29 is 38.0 Å². The lowest BCUT2D eigenvalue weighted by Gasteiger charge is -2.14. The summed E-state index contributed by atoms with van der Waals surface area (Å²) in [5, 5.41) is 0. The Bertz CT molecular complexity index is 1300. The van der Waals surface area contributed by atoms with Crippen LogP contribution < -0.4 is 23.7 Å². The Morgan fingerprint density at radius 1 is 0.800 bits per heavy atom. The largest absolute Gasteiger partial charge is 0.485 e. The van der Waals surface area contributed by atoms with Crippen molar-refractivity contribution in [2.45, 2.75) is 19.8 Å². The first-order chi connectivity index (χ1) is 19.4. The average molecular weight is 545 g/mol. The third kappa shape index (κ3) is 9.18. The second kappa shape index (κ2) is 15.6. The number of rotatable bonds is 17. The highest BCUT2D eigenvalue weighted by atomic mass is 16.7. The minimum Gasteiger partial charge on any atom is -0.485 e. The quantitative estimate of drug-likeness (QED) is 0.0479. The predicted octanol–water partition coefficient (Wildman–Crippen LogP) is 6.44. The van der Waals surface area contributed by atoms with Crippen LogP contribution in [-0.2, 0) is 20.7 Å². The van der Waals surface area contributed by atoms with Gasteiger partial charge in [0.2, 0.25) is 0 Å². The third-order valence-corrected chi connectivity index (χ3v) is 5.46. The summed E-state index contributed by atoms with van der Waals surface area (Å²) in [6.07, 6.45) is 4.42. The van der Waals surface area contributed by atoms with E-state index in [9.17, 15) is 9.59 Å². The molecule has 8 nitrogen and oxygen atoms in total. The van der Waals surface area contributed by atoms with Gasteiger partial charge in [0.05, 0.1) is 12.5 Å². The van der Waals surface area contributed by atoms with Gasteiger partial charge in [-0.25, -0.2) is 0 Å². The van der Waals surface area contributed by atoms with E-state index in [-0.39, 0.29) is 31.6 Å². The molecule has 0 N–H and O–H groups in total. The van der Waals surface area contributed by atoms with Crippen molar-refractivity contribution in [1.29, 1.82) is 0 Å². The highest BCUT2D eigenvalue weighted by Crippen LogP contribution is 2.34. The van der Waals surface area contributed by atoms with Gasteiger partial charge in [-0.15, -0.1) is 0 Å². The Labute approximate surface area is 234 Å². The molecule has 0 saturated carbocycles. The summed E-state index contributed by atoms with van der Waals surface area (Å²) in [6, 6.07) is 17.6. The third-order valence-electron chi connectivity index (χ3n) is 5.46. The summed E-state index contributed by atoms with van der Waals surface area (Å²) in [5.41, 5.74) is 2.44. The molecule has 40 heavy (non-hydrogen) atoms. The highest BCUT2D eigenvalue weighted by molar-refractivity contribution is 5.90. The van der Waals surface area contributed by atoms with Crippen LogP contribution in [0.25, 0.3) is 11.1 Å². The zero-order chi connectivity index (χ0) is 28.7. The molecule has 0 bridgehead atoms. The van der Waals surface area contributed by atoms with Crippen LogP contribution in [0.3, 0.4) is 0 Å². The summed E-state index contributed by atoms with van der Waals surface area (Å²) < 4.78 is 32.9. The summed E-state index contributed by atoms with van der Waals surface area (Å²) in [5.74, 6) is 1.88. The molecule has 0 spiro atoms. The monoisotopic (exact) mass is 544 g/mol. The SMILES string of the molecule is C=COc1cc(CCC(=O)Oc2ccc(-c3ccc(OCC(=O)C=C)cc3OCOCC)cc2)cc(OC=C)c1. The molecule has 0 aromatic heterocycles. The van der Waals surface area contributed by atoms with Gasteiger partial charge in [0.1, 0.15) is 28.7 Å². The van der Waals surface area contributed by atoms with E-state index in [1.165, 1.54) is 18.6 Å². The second-order valence-electron chi connectivity index (χ2n) is 8.25. The van der Waals surface area contributed by atoms with E-state index in [0.29, 0.717) is 41.8 Å². The molecule has 3 aromatic carbocycles. The van der Waals surface area contributed by atoms with E-state index in [4.69, 9.17) is 28.4 Å². The molecule has 0 heterocycles. The Morgan fingerprint density at radius 2 is 1.48 bits per heavy atom. The van der Waals surface area contributed by atoms with Crippen LogP contribution in [0, 0.1) is 0 Å². The van der Waals surface area contributed by atoms with Gasteiger partial charge in [0, 0.05) is 30.7 Å². The molecule has 0 amide bonds.